The number of anilines is 2. The molecule has 0 bridgehead atoms. The number of methoxy groups -OCH3 is 1. The van der Waals surface area contributed by atoms with E-state index >= 15 is 0 Å². The number of ether oxygens (including phenoxy) is 1. The molecule has 1 heterocycles. The molecule has 1 unspecified atom stereocenters. The van der Waals surface area contributed by atoms with Gasteiger partial charge in [0.1, 0.15) is 5.56 Å². The first-order valence-electron chi connectivity index (χ1n) is 11.2. The minimum absolute atomic E-state index is 0.0715. The predicted molar refractivity (Wildman–Crippen MR) is 133 cm³/mol. The average Bonchev–Trinajstić information content (AvgIpc) is 3.08. The van der Waals surface area contributed by atoms with Crippen LogP contribution in [0.4, 0.5) is 16.4 Å². The monoisotopic (exact) mass is 461 g/mol. The van der Waals surface area contributed by atoms with Crippen molar-refractivity contribution in [3.8, 4) is 0 Å². The Kier molecular flexibility index (Phi) is 6.76. The lowest BCUT2D eigenvalue weighted by atomic mass is 9.66. The van der Waals surface area contributed by atoms with Crippen LogP contribution >= 0.6 is 11.3 Å². The maximum absolute atomic E-state index is 11.8. The minimum Gasteiger partial charge on any atom is -0.418 e. The lowest BCUT2D eigenvalue weighted by Crippen LogP contribution is -2.32. The largest absolute Gasteiger partial charge is 0.418 e. The number of hydrogen-bond acceptors (Lipinski definition) is 5. The van der Waals surface area contributed by atoms with Gasteiger partial charge in [0.15, 0.2) is 0 Å². The van der Waals surface area contributed by atoms with E-state index in [1.165, 1.54) is 28.1 Å². The Morgan fingerprint density at radius 3 is 2.38 bits per heavy atom. The number of hydrogen-bond donors (Lipinski definition) is 0. The molecule has 0 radical (unpaired) electrons. The van der Waals surface area contributed by atoms with Crippen LogP contribution in [0.25, 0.3) is 0 Å². The number of benzene rings is 1. The van der Waals surface area contributed by atoms with Gasteiger partial charge >= 0.3 is 0 Å². The molecule has 1 aliphatic carbocycles. The zero-order valence-electron chi connectivity index (χ0n) is 20.5. The summed E-state index contributed by atoms with van der Waals surface area (Å²) in [5.74, 6) is 0.371. The van der Waals surface area contributed by atoms with E-state index in [-0.39, 0.29) is 22.1 Å². The zero-order valence-corrected chi connectivity index (χ0v) is 21.4. The summed E-state index contributed by atoms with van der Waals surface area (Å²) in [6.45, 7) is 16.6. The second kappa shape index (κ2) is 8.76. The number of thiophene rings is 1. The summed E-state index contributed by atoms with van der Waals surface area (Å²) >= 11 is 1.84. The minimum atomic E-state index is -1.08. The first kappa shape index (κ1) is 24.7. The third-order valence-electron chi connectivity index (χ3n) is 6.62. The van der Waals surface area contributed by atoms with Crippen LogP contribution < -0.4 is 4.90 Å². The van der Waals surface area contributed by atoms with Crippen molar-refractivity contribution >= 4 is 27.7 Å². The van der Waals surface area contributed by atoms with Gasteiger partial charge in [0.2, 0.25) is 0 Å². The fourth-order valence-corrected chi connectivity index (χ4v) is 6.44. The maximum Gasteiger partial charge on any atom is 0.297 e. The third kappa shape index (κ3) is 4.43. The second-order valence-electron chi connectivity index (χ2n) is 10.6. The molecule has 176 valence electrons. The standard InChI is InChI=1S/C25H36N2O4S/c1-15(2)14-26(17-9-10-18(23(28)31-8)19(13-17)27(29)30)22-16(3)20-21(32-22)25(6,7)12-11-24(20,4)5/h9-10,13,15,23,28H,11-12,14H2,1-8H3/p+1. The van der Waals surface area contributed by atoms with Gasteiger partial charge in [-0.15, -0.1) is 11.3 Å². The molecule has 3 rings (SSSR count). The summed E-state index contributed by atoms with van der Waals surface area (Å²) in [4.78, 5) is 15.1. The lowest BCUT2D eigenvalue weighted by Gasteiger charge is -2.39. The molecule has 0 fully saturated rings. The van der Waals surface area contributed by atoms with Crippen molar-refractivity contribution in [2.45, 2.75) is 78.4 Å². The molecule has 1 aliphatic rings. The van der Waals surface area contributed by atoms with Crippen LogP contribution in [0.1, 0.15) is 82.2 Å². The van der Waals surface area contributed by atoms with Gasteiger partial charge in [0.25, 0.3) is 12.0 Å². The Labute approximate surface area is 195 Å². The number of nitrogens with zero attached hydrogens (tertiary/aromatic N) is 2. The molecule has 32 heavy (non-hydrogen) atoms. The summed E-state index contributed by atoms with van der Waals surface area (Å²) in [7, 11) is 1.39. The molecule has 2 N–H and O–H groups in total. The smallest absolute Gasteiger partial charge is 0.297 e. The summed E-state index contributed by atoms with van der Waals surface area (Å²) in [5, 5.41) is 21.0. The Hall–Kier alpha value is -1.96. The van der Waals surface area contributed by atoms with Crippen LogP contribution in [0.5, 0.6) is 0 Å². The molecule has 1 aromatic heterocycles. The molecule has 0 amide bonds. The molecule has 1 aromatic carbocycles. The van der Waals surface area contributed by atoms with Crippen LogP contribution in [0, 0.1) is 23.0 Å². The van der Waals surface area contributed by atoms with E-state index in [1.54, 1.807) is 12.1 Å². The normalized spacial score (nSPS) is 17.8. The van der Waals surface area contributed by atoms with Crippen LogP contribution in [0.2, 0.25) is 0 Å². The van der Waals surface area contributed by atoms with Gasteiger partial charge in [0.05, 0.1) is 9.92 Å². The maximum atomic E-state index is 11.8. The molecule has 7 heteroatoms. The van der Waals surface area contributed by atoms with E-state index in [1.807, 2.05) is 17.4 Å². The summed E-state index contributed by atoms with van der Waals surface area (Å²) in [6, 6.07) is 5.16. The Morgan fingerprint density at radius 2 is 1.84 bits per heavy atom. The summed E-state index contributed by atoms with van der Waals surface area (Å²) in [6.07, 6.45) is 1.22. The topological polar surface area (TPSA) is 78.5 Å². The highest BCUT2D eigenvalue weighted by molar-refractivity contribution is 7.16. The molecule has 0 spiro atoms. The quantitative estimate of drug-likeness (QED) is 0.205. The first-order chi connectivity index (χ1) is 14.8. The van der Waals surface area contributed by atoms with Crippen LogP contribution in [0.3, 0.4) is 0 Å². The van der Waals surface area contributed by atoms with E-state index in [4.69, 9.17) is 9.84 Å². The molecule has 0 saturated heterocycles. The zero-order chi connectivity index (χ0) is 24.0. The van der Waals surface area contributed by atoms with Gasteiger partial charge in [-0.2, -0.15) is 0 Å². The van der Waals surface area contributed by atoms with Crippen molar-refractivity contribution in [3.05, 3.63) is 49.9 Å². The van der Waals surface area contributed by atoms with Crippen LogP contribution in [-0.2, 0) is 15.6 Å². The van der Waals surface area contributed by atoms with E-state index in [9.17, 15) is 10.1 Å². The van der Waals surface area contributed by atoms with Crippen molar-refractivity contribution < 1.29 is 14.8 Å². The molecule has 0 aliphatic heterocycles. The van der Waals surface area contributed by atoms with Crippen molar-refractivity contribution in [2.75, 3.05) is 18.6 Å². The number of nitro benzene ring substituents is 1. The fourth-order valence-electron chi connectivity index (χ4n) is 4.79. The fraction of sp³-hybridized carbons (Fsp3) is 0.600. The van der Waals surface area contributed by atoms with E-state index < -0.39 is 11.2 Å². The van der Waals surface area contributed by atoms with Crippen molar-refractivity contribution in [3.63, 3.8) is 0 Å². The molecule has 0 saturated carbocycles. The highest BCUT2D eigenvalue weighted by atomic mass is 32.1. The Morgan fingerprint density at radius 1 is 1.22 bits per heavy atom. The van der Waals surface area contributed by atoms with Crippen molar-refractivity contribution in [1.29, 1.82) is 0 Å². The number of rotatable bonds is 7. The first-order valence-corrected chi connectivity index (χ1v) is 12.1. The average molecular weight is 462 g/mol. The van der Waals surface area contributed by atoms with E-state index in [2.05, 4.69) is 53.4 Å². The van der Waals surface area contributed by atoms with Gasteiger partial charge in [-0.05, 0) is 59.8 Å². The Balaban J connectivity index is 2.21. The van der Waals surface area contributed by atoms with Gasteiger partial charge in [-0.3, -0.25) is 10.1 Å². The van der Waals surface area contributed by atoms with Crippen molar-refractivity contribution in [2.24, 2.45) is 5.92 Å². The van der Waals surface area contributed by atoms with Gasteiger partial charge in [0, 0.05) is 30.3 Å². The van der Waals surface area contributed by atoms with Crippen LogP contribution in [0.15, 0.2) is 18.2 Å². The molecule has 1 atom stereocenters. The molecular weight excluding hydrogens is 424 g/mol. The van der Waals surface area contributed by atoms with Gasteiger partial charge in [-0.25, -0.2) is 0 Å². The van der Waals surface area contributed by atoms with Gasteiger partial charge in [-0.1, -0.05) is 41.5 Å². The van der Waals surface area contributed by atoms with Crippen molar-refractivity contribution in [1.82, 2.24) is 0 Å². The van der Waals surface area contributed by atoms with E-state index in [0.29, 0.717) is 5.92 Å². The summed E-state index contributed by atoms with van der Waals surface area (Å²) < 4.78 is 5.05. The van der Waals surface area contributed by atoms with Crippen LogP contribution in [-0.4, -0.2) is 23.7 Å². The highest BCUT2D eigenvalue weighted by Gasteiger charge is 2.41. The third-order valence-corrected chi connectivity index (χ3v) is 8.30. The van der Waals surface area contributed by atoms with Gasteiger partial charge < -0.3 is 14.7 Å². The highest BCUT2D eigenvalue weighted by Crippen LogP contribution is 2.54. The second-order valence-corrected chi connectivity index (χ2v) is 11.6. The summed E-state index contributed by atoms with van der Waals surface area (Å²) in [5.41, 5.74) is 3.95. The molecular formula is C25H37N2O4S+. The lowest BCUT2D eigenvalue weighted by molar-refractivity contribution is -0.386. The van der Waals surface area contributed by atoms with E-state index in [0.717, 1.165) is 25.1 Å². The number of nitro groups is 1. The molecule has 2 aromatic rings. The SMILES string of the molecule is COC([OH2+])c1ccc(N(CC(C)C)c2sc3c(c2C)C(C)(C)CCC3(C)C)cc1[N+](=O)[O-]. The molecule has 6 nitrogen and oxygen atoms in total. The predicted octanol–water partition coefficient (Wildman–Crippen LogP) is 6.48. The Bertz CT molecular complexity index is 1010. The number of fused-ring (bicyclic) bond motifs is 1.